The van der Waals surface area contributed by atoms with Gasteiger partial charge >= 0.3 is 5.97 Å². The third-order valence-corrected chi connectivity index (χ3v) is 4.45. The lowest BCUT2D eigenvalue weighted by Gasteiger charge is -2.12. The predicted octanol–water partition coefficient (Wildman–Crippen LogP) is 2.28. The van der Waals surface area contributed by atoms with Gasteiger partial charge in [-0.15, -0.1) is 0 Å². The summed E-state index contributed by atoms with van der Waals surface area (Å²) in [7, 11) is 0. The molecule has 8 heteroatoms. The SMILES string of the molecule is CCC(CO)OCCOC(=O)/C=C(\O)c1cc2c(o1)C(=O)c1ccccc1C2=O. The van der Waals surface area contributed by atoms with Crippen LogP contribution in [-0.4, -0.2) is 53.7 Å². The normalized spacial score (nSPS) is 14.3. The summed E-state index contributed by atoms with van der Waals surface area (Å²) >= 11 is 0. The van der Waals surface area contributed by atoms with Crippen LogP contribution in [-0.2, 0) is 14.3 Å². The highest BCUT2D eigenvalue weighted by Crippen LogP contribution is 2.31. The monoisotopic (exact) mass is 400 g/mol. The molecule has 0 aliphatic heterocycles. The van der Waals surface area contributed by atoms with Crippen molar-refractivity contribution < 1.29 is 38.5 Å². The Hall–Kier alpha value is -3.23. The van der Waals surface area contributed by atoms with Crippen molar-refractivity contribution >= 4 is 23.3 Å². The number of carbonyl (C=O) groups excluding carboxylic acids is 3. The zero-order valence-corrected chi connectivity index (χ0v) is 15.7. The summed E-state index contributed by atoms with van der Waals surface area (Å²) in [5.74, 6) is -2.66. The molecule has 0 amide bonds. The fourth-order valence-corrected chi connectivity index (χ4v) is 2.88. The lowest BCUT2D eigenvalue weighted by molar-refractivity contribution is -0.140. The molecule has 0 spiro atoms. The van der Waals surface area contributed by atoms with Crippen LogP contribution in [0, 0.1) is 0 Å². The topological polar surface area (TPSA) is 123 Å². The van der Waals surface area contributed by atoms with Gasteiger partial charge in [0, 0.05) is 11.1 Å². The van der Waals surface area contributed by atoms with Crippen molar-refractivity contribution in [2.75, 3.05) is 19.8 Å². The average molecular weight is 400 g/mol. The summed E-state index contributed by atoms with van der Waals surface area (Å²) in [5, 5.41) is 19.1. The number of ketones is 2. The van der Waals surface area contributed by atoms with E-state index in [2.05, 4.69) is 0 Å². The third kappa shape index (κ3) is 4.28. The number of fused-ring (bicyclic) bond motifs is 2. The first-order chi connectivity index (χ1) is 14.0. The second-order valence-electron chi connectivity index (χ2n) is 6.34. The summed E-state index contributed by atoms with van der Waals surface area (Å²) in [5.41, 5.74) is 0.510. The van der Waals surface area contributed by atoms with Crippen molar-refractivity contribution in [3.05, 3.63) is 64.6 Å². The van der Waals surface area contributed by atoms with Gasteiger partial charge in [0.1, 0.15) is 6.61 Å². The number of hydrogen-bond donors (Lipinski definition) is 2. The summed E-state index contributed by atoms with van der Waals surface area (Å²) in [6, 6.07) is 7.58. The summed E-state index contributed by atoms with van der Waals surface area (Å²) in [6.07, 6.45) is 1.08. The van der Waals surface area contributed by atoms with Gasteiger partial charge in [-0.05, 0) is 12.5 Å². The Kier molecular flexibility index (Phi) is 6.26. The van der Waals surface area contributed by atoms with Crippen molar-refractivity contribution in [2.24, 2.45) is 0 Å². The van der Waals surface area contributed by atoms with Gasteiger partial charge in [-0.2, -0.15) is 0 Å². The molecule has 2 N–H and O–H groups in total. The van der Waals surface area contributed by atoms with Gasteiger partial charge in [-0.25, -0.2) is 4.79 Å². The summed E-state index contributed by atoms with van der Waals surface area (Å²) < 4.78 is 15.5. The molecule has 152 valence electrons. The lowest BCUT2D eigenvalue weighted by Crippen LogP contribution is -2.20. The number of ether oxygens (including phenoxy) is 2. The molecular formula is C21H20O8. The van der Waals surface area contributed by atoms with Crippen LogP contribution >= 0.6 is 0 Å². The Bertz CT molecular complexity index is 912. The molecule has 1 aromatic carbocycles. The second-order valence-corrected chi connectivity index (χ2v) is 6.34. The van der Waals surface area contributed by atoms with Crippen molar-refractivity contribution in [1.29, 1.82) is 0 Å². The van der Waals surface area contributed by atoms with E-state index in [1.54, 1.807) is 18.2 Å². The molecule has 2 aromatic rings. The van der Waals surface area contributed by atoms with Crippen LogP contribution in [0.5, 0.6) is 0 Å². The molecular weight excluding hydrogens is 380 g/mol. The van der Waals surface area contributed by atoms with Crippen LogP contribution in [0.4, 0.5) is 0 Å². The van der Waals surface area contributed by atoms with Gasteiger partial charge in [0.15, 0.2) is 23.1 Å². The molecule has 8 nitrogen and oxygen atoms in total. The van der Waals surface area contributed by atoms with Crippen LogP contribution in [0.25, 0.3) is 5.76 Å². The van der Waals surface area contributed by atoms with Gasteiger partial charge < -0.3 is 24.1 Å². The van der Waals surface area contributed by atoms with E-state index in [0.29, 0.717) is 6.42 Å². The Labute approximate surface area is 166 Å². The highest BCUT2D eigenvalue weighted by Gasteiger charge is 2.34. The smallest absolute Gasteiger partial charge is 0.334 e. The van der Waals surface area contributed by atoms with E-state index in [-0.39, 0.29) is 54.1 Å². The highest BCUT2D eigenvalue weighted by molar-refractivity contribution is 6.27. The third-order valence-electron chi connectivity index (χ3n) is 4.45. The minimum atomic E-state index is -0.849. The molecule has 1 atom stereocenters. The molecule has 29 heavy (non-hydrogen) atoms. The summed E-state index contributed by atoms with van der Waals surface area (Å²) in [4.78, 5) is 36.9. The summed E-state index contributed by atoms with van der Waals surface area (Å²) in [6.45, 7) is 1.75. The molecule has 0 saturated carbocycles. The molecule has 1 heterocycles. The largest absolute Gasteiger partial charge is 0.504 e. The highest BCUT2D eigenvalue weighted by atomic mass is 16.6. The van der Waals surface area contributed by atoms with Crippen molar-refractivity contribution in [3.63, 3.8) is 0 Å². The van der Waals surface area contributed by atoms with Gasteiger partial charge in [0.2, 0.25) is 5.78 Å². The van der Waals surface area contributed by atoms with E-state index < -0.39 is 23.3 Å². The Morgan fingerprint density at radius 3 is 2.48 bits per heavy atom. The number of aliphatic hydroxyl groups excluding tert-OH is 2. The van der Waals surface area contributed by atoms with E-state index in [9.17, 15) is 19.5 Å². The number of furan rings is 1. The minimum absolute atomic E-state index is 0.0278. The Morgan fingerprint density at radius 2 is 1.83 bits per heavy atom. The molecule has 0 radical (unpaired) electrons. The van der Waals surface area contributed by atoms with Crippen molar-refractivity contribution in [1.82, 2.24) is 0 Å². The first-order valence-corrected chi connectivity index (χ1v) is 9.08. The van der Waals surface area contributed by atoms with E-state index in [4.69, 9.17) is 19.0 Å². The number of rotatable bonds is 8. The number of benzene rings is 1. The molecule has 1 aromatic heterocycles. The average Bonchev–Trinajstić information content (AvgIpc) is 3.18. The zero-order chi connectivity index (χ0) is 21.0. The molecule has 1 unspecified atom stereocenters. The van der Waals surface area contributed by atoms with E-state index in [1.807, 2.05) is 6.92 Å². The number of aliphatic hydroxyl groups is 2. The maximum atomic E-state index is 12.6. The molecule has 0 bridgehead atoms. The quantitative estimate of drug-likeness (QED) is 0.255. The number of esters is 1. The van der Waals surface area contributed by atoms with Crippen LogP contribution in [0.3, 0.4) is 0 Å². The maximum absolute atomic E-state index is 12.6. The molecule has 0 saturated heterocycles. The zero-order valence-electron chi connectivity index (χ0n) is 15.7. The van der Waals surface area contributed by atoms with Crippen LogP contribution < -0.4 is 0 Å². The Balaban J connectivity index is 1.68. The molecule has 1 aliphatic carbocycles. The predicted molar refractivity (Wildman–Crippen MR) is 101 cm³/mol. The van der Waals surface area contributed by atoms with Crippen molar-refractivity contribution in [2.45, 2.75) is 19.4 Å². The number of hydrogen-bond acceptors (Lipinski definition) is 8. The van der Waals surface area contributed by atoms with Crippen LogP contribution in [0.15, 0.2) is 40.8 Å². The van der Waals surface area contributed by atoms with Gasteiger partial charge in [-0.1, -0.05) is 31.2 Å². The Morgan fingerprint density at radius 1 is 1.14 bits per heavy atom. The van der Waals surface area contributed by atoms with Crippen LogP contribution in [0.1, 0.15) is 51.1 Å². The van der Waals surface area contributed by atoms with Gasteiger partial charge in [-0.3, -0.25) is 9.59 Å². The van der Waals surface area contributed by atoms with Crippen LogP contribution in [0.2, 0.25) is 0 Å². The van der Waals surface area contributed by atoms with E-state index in [1.165, 1.54) is 12.1 Å². The first-order valence-electron chi connectivity index (χ1n) is 9.08. The second kappa shape index (κ2) is 8.85. The molecule has 0 fully saturated rings. The molecule has 1 aliphatic rings. The standard InChI is InChI=1S/C21H20O8/c1-2-12(11-22)27-7-8-28-18(24)10-16(23)17-9-15-19(25)13-5-3-4-6-14(13)20(26)21(15)29-17/h3-6,9-10,12,22-23H,2,7-8,11H2,1H3/b16-10-. The first kappa shape index (κ1) is 20.5. The van der Waals surface area contributed by atoms with Gasteiger partial charge in [0.05, 0.1) is 31.0 Å². The minimum Gasteiger partial charge on any atom is -0.504 e. The number of carbonyl (C=O) groups is 3. The van der Waals surface area contributed by atoms with E-state index in [0.717, 1.165) is 6.08 Å². The maximum Gasteiger partial charge on any atom is 0.334 e. The van der Waals surface area contributed by atoms with Crippen molar-refractivity contribution in [3.8, 4) is 0 Å². The van der Waals surface area contributed by atoms with Gasteiger partial charge in [0.25, 0.3) is 0 Å². The lowest BCUT2D eigenvalue weighted by atomic mass is 9.88. The fourth-order valence-electron chi connectivity index (χ4n) is 2.88. The molecule has 3 rings (SSSR count). The van der Waals surface area contributed by atoms with E-state index >= 15 is 0 Å². The fraction of sp³-hybridized carbons (Fsp3) is 0.286.